The zero-order chi connectivity index (χ0) is 10.2. The Morgan fingerprint density at radius 3 is 2.43 bits per heavy atom. The van der Waals surface area contributed by atoms with E-state index in [0.29, 0.717) is 6.54 Å². The molecule has 3 heteroatoms. The summed E-state index contributed by atoms with van der Waals surface area (Å²) in [7, 11) is 0. The van der Waals surface area contributed by atoms with Crippen LogP contribution in [0.2, 0.25) is 0 Å². The topological polar surface area (TPSA) is 3.24 Å². The summed E-state index contributed by atoms with van der Waals surface area (Å²) >= 11 is 3.37. The fourth-order valence-corrected chi connectivity index (χ4v) is 1.85. The summed E-state index contributed by atoms with van der Waals surface area (Å²) in [5, 5.41) is 0.889. The third kappa shape index (κ3) is 4.20. The normalized spacial score (nSPS) is 10.8. The molecule has 0 atom stereocenters. The zero-order valence-corrected chi connectivity index (χ0v) is 9.71. The number of hydrogen-bond donors (Lipinski definition) is 0. The molecular weight excluding hydrogens is 245 g/mol. The van der Waals surface area contributed by atoms with E-state index in [1.807, 2.05) is 18.2 Å². The molecule has 0 radical (unpaired) electrons. The quantitative estimate of drug-likeness (QED) is 0.711. The zero-order valence-electron chi connectivity index (χ0n) is 8.13. The lowest BCUT2D eigenvalue weighted by Crippen LogP contribution is -2.27. The monoisotopic (exact) mass is 259 g/mol. The van der Waals surface area contributed by atoms with Crippen LogP contribution in [0.15, 0.2) is 30.3 Å². The van der Waals surface area contributed by atoms with E-state index in [1.54, 1.807) is 0 Å². The second kappa shape index (κ2) is 6.96. The number of nitrogens with zero attached hydrogens (tertiary/aromatic N) is 1. The van der Waals surface area contributed by atoms with Gasteiger partial charge in [-0.1, -0.05) is 46.3 Å². The minimum absolute atomic E-state index is 0.278. The van der Waals surface area contributed by atoms with Crippen molar-refractivity contribution < 1.29 is 4.39 Å². The van der Waals surface area contributed by atoms with E-state index in [-0.39, 0.29) is 6.67 Å². The van der Waals surface area contributed by atoms with Gasteiger partial charge < -0.3 is 0 Å². The standard InChI is InChI=1S/C11H15BrFN/c12-6-8-14(9-7-13)10-11-4-2-1-3-5-11/h1-5H,6-10H2. The van der Waals surface area contributed by atoms with Crippen LogP contribution in [0.5, 0.6) is 0 Å². The highest BCUT2D eigenvalue weighted by Crippen LogP contribution is 2.04. The molecule has 0 N–H and O–H groups in total. The van der Waals surface area contributed by atoms with Gasteiger partial charge >= 0.3 is 0 Å². The van der Waals surface area contributed by atoms with Crippen molar-refractivity contribution in [3.63, 3.8) is 0 Å². The van der Waals surface area contributed by atoms with Gasteiger partial charge in [-0.05, 0) is 5.56 Å². The minimum atomic E-state index is -0.278. The molecule has 0 aliphatic rings. The predicted octanol–water partition coefficient (Wildman–Crippen LogP) is 2.85. The molecule has 0 bridgehead atoms. The van der Waals surface area contributed by atoms with Gasteiger partial charge in [0.2, 0.25) is 0 Å². The van der Waals surface area contributed by atoms with Gasteiger partial charge in [-0.25, -0.2) is 4.39 Å². The Balaban J connectivity index is 2.46. The lowest BCUT2D eigenvalue weighted by Gasteiger charge is -2.19. The molecule has 0 fully saturated rings. The molecule has 0 amide bonds. The number of rotatable bonds is 6. The fourth-order valence-electron chi connectivity index (χ4n) is 1.35. The summed E-state index contributed by atoms with van der Waals surface area (Å²) < 4.78 is 12.2. The second-order valence-electron chi connectivity index (χ2n) is 3.14. The van der Waals surface area contributed by atoms with Crippen LogP contribution in [0.25, 0.3) is 0 Å². The average Bonchev–Trinajstić information content (AvgIpc) is 2.20. The van der Waals surface area contributed by atoms with Crippen LogP contribution in [0.3, 0.4) is 0 Å². The molecule has 0 aliphatic carbocycles. The van der Waals surface area contributed by atoms with Gasteiger partial charge in [0.15, 0.2) is 0 Å². The molecule has 0 aromatic heterocycles. The lowest BCUT2D eigenvalue weighted by atomic mass is 10.2. The molecule has 14 heavy (non-hydrogen) atoms. The predicted molar refractivity (Wildman–Crippen MR) is 61.5 cm³/mol. The van der Waals surface area contributed by atoms with Crippen LogP contribution < -0.4 is 0 Å². The van der Waals surface area contributed by atoms with Gasteiger partial charge in [0, 0.05) is 25.0 Å². The van der Waals surface area contributed by atoms with Gasteiger partial charge in [0.1, 0.15) is 6.67 Å². The number of alkyl halides is 2. The van der Waals surface area contributed by atoms with E-state index >= 15 is 0 Å². The molecule has 0 saturated heterocycles. The Morgan fingerprint density at radius 1 is 1.14 bits per heavy atom. The SMILES string of the molecule is FCCN(CCBr)Cc1ccccc1. The molecule has 1 nitrogen and oxygen atoms in total. The van der Waals surface area contributed by atoms with E-state index in [1.165, 1.54) is 5.56 Å². The van der Waals surface area contributed by atoms with Crippen LogP contribution in [0.4, 0.5) is 4.39 Å². The van der Waals surface area contributed by atoms with E-state index in [0.717, 1.165) is 18.4 Å². The van der Waals surface area contributed by atoms with Crippen LogP contribution >= 0.6 is 15.9 Å². The maximum atomic E-state index is 12.2. The van der Waals surface area contributed by atoms with Crippen molar-refractivity contribution in [1.82, 2.24) is 4.90 Å². The van der Waals surface area contributed by atoms with E-state index in [9.17, 15) is 4.39 Å². The van der Waals surface area contributed by atoms with Crippen molar-refractivity contribution in [3.05, 3.63) is 35.9 Å². The molecule has 0 unspecified atom stereocenters. The molecule has 78 valence electrons. The van der Waals surface area contributed by atoms with Crippen LogP contribution in [-0.4, -0.2) is 30.0 Å². The molecule has 1 aromatic rings. The number of halogens is 2. The maximum Gasteiger partial charge on any atom is 0.102 e. The summed E-state index contributed by atoms with van der Waals surface area (Å²) in [5.74, 6) is 0. The summed E-state index contributed by atoms with van der Waals surface area (Å²) in [6.45, 7) is 1.95. The molecule has 0 aliphatic heterocycles. The van der Waals surface area contributed by atoms with E-state index < -0.39 is 0 Å². The lowest BCUT2D eigenvalue weighted by molar-refractivity contribution is 0.254. The first-order valence-corrected chi connectivity index (χ1v) is 5.87. The van der Waals surface area contributed by atoms with Gasteiger partial charge in [-0.3, -0.25) is 4.90 Å². The average molecular weight is 260 g/mol. The van der Waals surface area contributed by atoms with Gasteiger partial charge in [-0.15, -0.1) is 0 Å². The second-order valence-corrected chi connectivity index (χ2v) is 3.93. The highest BCUT2D eigenvalue weighted by atomic mass is 79.9. The highest BCUT2D eigenvalue weighted by molar-refractivity contribution is 9.09. The van der Waals surface area contributed by atoms with Crippen molar-refractivity contribution in [2.45, 2.75) is 6.54 Å². The first-order chi connectivity index (χ1) is 6.86. The van der Waals surface area contributed by atoms with Crippen LogP contribution in [0.1, 0.15) is 5.56 Å². The molecule has 0 spiro atoms. The highest BCUT2D eigenvalue weighted by Gasteiger charge is 2.03. The smallest absolute Gasteiger partial charge is 0.102 e. The van der Waals surface area contributed by atoms with Gasteiger partial charge in [0.25, 0.3) is 0 Å². The van der Waals surface area contributed by atoms with E-state index in [2.05, 4.69) is 33.0 Å². The molecular formula is C11H15BrFN. The molecule has 1 aromatic carbocycles. The third-order valence-corrected chi connectivity index (χ3v) is 2.41. The van der Waals surface area contributed by atoms with Crippen molar-refractivity contribution >= 4 is 15.9 Å². The Kier molecular flexibility index (Phi) is 5.80. The first kappa shape index (κ1) is 11.7. The summed E-state index contributed by atoms with van der Waals surface area (Å²) in [6, 6.07) is 10.2. The Labute approximate surface area is 93.0 Å². The van der Waals surface area contributed by atoms with Crippen LogP contribution in [0, 0.1) is 0 Å². The first-order valence-electron chi connectivity index (χ1n) is 4.75. The van der Waals surface area contributed by atoms with Crippen molar-refractivity contribution in [2.24, 2.45) is 0 Å². The third-order valence-electron chi connectivity index (χ3n) is 2.05. The summed E-state index contributed by atoms with van der Waals surface area (Å²) in [5.41, 5.74) is 1.24. The van der Waals surface area contributed by atoms with Crippen molar-refractivity contribution in [1.29, 1.82) is 0 Å². The summed E-state index contributed by atoms with van der Waals surface area (Å²) in [4.78, 5) is 2.10. The van der Waals surface area contributed by atoms with Crippen molar-refractivity contribution in [2.75, 3.05) is 25.1 Å². The summed E-state index contributed by atoms with van der Waals surface area (Å²) in [6.07, 6.45) is 0. The number of hydrogen-bond acceptors (Lipinski definition) is 1. The van der Waals surface area contributed by atoms with Gasteiger partial charge in [0.05, 0.1) is 0 Å². The minimum Gasteiger partial charge on any atom is -0.296 e. The molecule has 1 rings (SSSR count). The fraction of sp³-hybridized carbons (Fsp3) is 0.455. The Morgan fingerprint density at radius 2 is 1.86 bits per heavy atom. The number of benzene rings is 1. The van der Waals surface area contributed by atoms with E-state index in [4.69, 9.17) is 0 Å². The largest absolute Gasteiger partial charge is 0.296 e. The maximum absolute atomic E-state index is 12.2. The van der Waals surface area contributed by atoms with Gasteiger partial charge in [-0.2, -0.15) is 0 Å². The Hall–Kier alpha value is -0.410. The van der Waals surface area contributed by atoms with Crippen molar-refractivity contribution in [3.8, 4) is 0 Å². The molecule has 0 saturated carbocycles. The molecule has 0 heterocycles. The van der Waals surface area contributed by atoms with Crippen LogP contribution in [-0.2, 0) is 6.54 Å². The Bertz CT molecular complexity index is 234.